The van der Waals surface area contributed by atoms with Gasteiger partial charge in [0.15, 0.2) is 0 Å². The number of fused-ring (bicyclic) bond motifs is 1. The summed E-state index contributed by atoms with van der Waals surface area (Å²) >= 11 is 6.03. The molecule has 21 heavy (non-hydrogen) atoms. The molecule has 0 unspecified atom stereocenters. The van der Waals surface area contributed by atoms with Gasteiger partial charge in [-0.2, -0.15) is 0 Å². The lowest BCUT2D eigenvalue weighted by Crippen LogP contribution is -2.25. The van der Waals surface area contributed by atoms with Crippen LogP contribution >= 0.6 is 11.6 Å². The minimum Gasteiger partial charge on any atom is -0.334 e. The van der Waals surface area contributed by atoms with Crippen molar-refractivity contribution in [3.05, 3.63) is 63.2 Å². The smallest absolute Gasteiger partial charge is 0.311 e. The minimum atomic E-state index is -0.418. The molecule has 0 saturated heterocycles. The molecule has 0 aliphatic carbocycles. The average molecular weight is 304 g/mol. The molecule has 2 aromatic carbocycles. The lowest BCUT2D eigenvalue weighted by molar-refractivity contribution is -0.383. The quantitative estimate of drug-likeness (QED) is 0.681. The topological polar surface area (TPSA) is 58.4 Å². The first-order chi connectivity index (χ1) is 10.2. The van der Waals surface area contributed by atoms with Gasteiger partial charge < -0.3 is 10.2 Å². The molecule has 0 radical (unpaired) electrons. The first-order valence-corrected chi connectivity index (χ1v) is 7.05. The van der Waals surface area contributed by atoms with E-state index < -0.39 is 4.92 Å². The van der Waals surface area contributed by atoms with Crippen molar-refractivity contribution in [2.45, 2.75) is 6.54 Å². The van der Waals surface area contributed by atoms with Gasteiger partial charge in [0.2, 0.25) is 0 Å². The number of halogens is 1. The molecular formula is C15H14ClN3O2. The second-order valence-electron chi connectivity index (χ2n) is 4.82. The van der Waals surface area contributed by atoms with Gasteiger partial charge >= 0.3 is 5.69 Å². The van der Waals surface area contributed by atoms with Crippen molar-refractivity contribution in [2.24, 2.45) is 0 Å². The normalized spacial score (nSPS) is 14.4. The molecule has 0 amide bonds. The van der Waals surface area contributed by atoms with Gasteiger partial charge in [-0.25, -0.2) is 0 Å². The van der Waals surface area contributed by atoms with Gasteiger partial charge in [0.1, 0.15) is 10.7 Å². The Morgan fingerprint density at radius 1 is 1.14 bits per heavy atom. The SMILES string of the molecule is O=[N+]([O-])c1c(Cl)cccc1N1CCNCc2ccccc21. The molecule has 0 spiro atoms. The largest absolute Gasteiger partial charge is 0.334 e. The number of hydrogen-bond acceptors (Lipinski definition) is 4. The van der Waals surface area contributed by atoms with Crippen LogP contribution in [0.1, 0.15) is 5.56 Å². The van der Waals surface area contributed by atoms with E-state index in [9.17, 15) is 10.1 Å². The summed E-state index contributed by atoms with van der Waals surface area (Å²) in [4.78, 5) is 12.9. The van der Waals surface area contributed by atoms with E-state index in [1.54, 1.807) is 18.2 Å². The zero-order chi connectivity index (χ0) is 14.8. The maximum absolute atomic E-state index is 11.4. The maximum Gasteiger partial charge on any atom is 0.311 e. The number of nitro benzene ring substituents is 1. The number of nitrogens with one attached hydrogen (secondary N) is 1. The lowest BCUT2D eigenvalue weighted by Gasteiger charge is -2.24. The van der Waals surface area contributed by atoms with Crippen molar-refractivity contribution in [2.75, 3.05) is 18.0 Å². The number of anilines is 2. The van der Waals surface area contributed by atoms with Crippen molar-refractivity contribution >= 4 is 28.7 Å². The summed E-state index contributed by atoms with van der Waals surface area (Å²) in [7, 11) is 0. The molecule has 1 heterocycles. The third kappa shape index (κ3) is 2.57. The van der Waals surface area contributed by atoms with Crippen LogP contribution in [0.25, 0.3) is 0 Å². The highest BCUT2D eigenvalue weighted by Crippen LogP contribution is 2.39. The van der Waals surface area contributed by atoms with Gasteiger partial charge in [0.05, 0.1) is 4.92 Å². The highest BCUT2D eigenvalue weighted by molar-refractivity contribution is 6.33. The summed E-state index contributed by atoms with van der Waals surface area (Å²) < 4.78 is 0. The van der Waals surface area contributed by atoms with Gasteiger partial charge in [0, 0.05) is 25.3 Å². The van der Waals surface area contributed by atoms with Crippen LogP contribution in [-0.2, 0) is 6.54 Å². The Hall–Kier alpha value is -2.11. The van der Waals surface area contributed by atoms with E-state index in [0.717, 1.165) is 24.3 Å². The van der Waals surface area contributed by atoms with E-state index in [2.05, 4.69) is 5.32 Å². The fourth-order valence-electron chi connectivity index (χ4n) is 2.61. The highest BCUT2D eigenvalue weighted by Gasteiger charge is 2.25. The summed E-state index contributed by atoms with van der Waals surface area (Å²) in [6.07, 6.45) is 0. The number of hydrogen-bond donors (Lipinski definition) is 1. The van der Waals surface area contributed by atoms with Gasteiger partial charge in [0.25, 0.3) is 0 Å². The first-order valence-electron chi connectivity index (χ1n) is 6.67. The molecule has 1 aliphatic rings. The first kappa shape index (κ1) is 13.9. The predicted octanol–water partition coefficient (Wildman–Crippen LogP) is 3.49. The molecule has 0 atom stereocenters. The summed E-state index contributed by atoms with van der Waals surface area (Å²) in [6.45, 7) is 2.15. The summed E-state index contributed by atoms with van der Waals surface area (Å²) in [5, 5.41) is 14.8. The summed E-state index contributed by atoms with van der Waals surface area (Å²) in [5.41, 5.74) is 2.58. The number of rotatable bonds is 2. The van der Waals surface area contributed by atoms with Crippen molar-refractivity contribution in [3.63, 3.8) is 0 Å². The van der Waals surface area contributed by atoms with Crippen LogP contribution in [0.3, 0.4) is 0 Å². The van der Waals surface area contributed by atoms with Crippen molar-refractivity contribution in [1.29, 1.82) is 0 Å². The number of benzene rings is 2. The molecule has 5 nitrogen and oxygen atoms in total. The van der Waals surface area contributed by atoms with Crippen LogP contribution in [0.4, 0.5) is 17.1 Å². The molecule has 6 heteroatoms. The van der Waals surface area contributed by atoms with E-state index in [1.807, 2.05) is 29.2 Å². The maximum atomic E-state index is 11.4. The van der Waals surface area contributed by atoms with E-state index in [1.165, 1.54) is 0 Å². The molecular weight excluding hydrogens is 290 g/mol. The van der Waals surface area contributed by atoms with Gasteiger partial charge in [-0.3, -0.25) is 10.1 Å². The Labute approximate surface area is 127 Å². The molecule has 108 valence electrons. The van der Waals surface area contributed by atoms with E-state index in [4.69, 9.17) is 11.6 Å². The molecule has 2 aromatic rings. The molecule has 0 saturated carbocycles. The molecule has 3 rings (SSSR count). The Bertz CT molecular complexity index is 690. The Morgan fingerprint density at radius 2 is 1.90 bits per heavy atom. The highest BCUT2D eigenvalue weighted by atomic mass is 35.5. The Morgan fingerprint density at radius 3 is 2.71 bits per heavy atom. The van der Waals surface area contributed by atoms with E-state index in [-0.39, 0.29) is 10.7 Å². The van der Waals surface area contributed by atoms with Crippen molar-refractivity contribution in [1.82, 2.24) is 5.32 Å². The van der Waals surface area contributed by atoms with E-state index >= 15 is 0 Å². The van der Waals surface area contributed by atoms with Gasteiger partial charge in [-0.05, 0) is 23.8 Å². The van der Waals surface area contributed by atoms with Crippen LogP contribution in [0.5, 0.6) is 0 Å². The third-order valence-electron chi connectivity index (χ3n) is 3.55. The predicted molar refractivity (Wildman–Crippen MR) is 83.3 cm³/mol. The fraction of sp³-hybridized carbons (Fsp3) is 0.200. The van der Waals surface area contributed by atoms with Crippen LogP contribution in [0.15, 0.2) is 42.5 Å². The van der Waals surface area contributed by atoms with Gasteiger partial charge in [-0.1, -0.05) is 35.9 Å². The Balaban J connectivity index is 2.17. The number of nitrogens with zero attached hydrogens (tertiary/aromatic N) is 2. The van der Waals surface area contributed by atoms with Crippen LogP contribution in [0, 0.1) is 10.1 Å². The van der Waals surface area contributed by atoms with Crippen molar-refractivity contribution in [3.8, 4) is 0 Å². The molecule has 0 aromatic heterocycles. The Kier molecular flexibility index (Phi) is 3.77. The third-order valence-corrected chi connectivity index (χ3v) is 3.85. The zero-order valence-corrected chi connectivity index (χ0v) is 12.0. The van der Waals surface area contributed by atoms with Crippen molar-refractivity contribution < 1.29 is 4.92 Å². The van der Waals surface area contributed by atoms with E-state index in [0.29, 0.717) is 12.2 Å². The minimum absolute atomic E-state index is 0.0455. The van der Waals surface area contributed by atoms with Crippen LogP contribution in [0.2, 0.25) is 5.02 Å². The molecule has 0 fully saturated rings. The monoisotopic (exact) mass is 303 g/mol. The second kappa shape index (κ2) is 5.71. The lowest BCUT2D eigenvalue weighted by atomic mass is 10.1. The molecule has 0 bridgehead atoms. The summed E-state index contributed by atoms with van der Waals surface area (Å²) in [5.74, 6) is 0. The van der Waals surface area contributed by atoms with Crippen LogP contribution < -0.4 is 10.2 Å². The summed E-state index contributed by atoms with van der Waals surface area (Å²) in [6, 6.07) is 12.9. The molecule has 1 N–H and O–H groups in total. The fourth-order valence-corrected chi connectivity index (χ4v) is 2.85. The second-order valence-corrected chi connectivity index (χ2v) is 5.23. The average Bonchev–Trinajstić information content (AvgIpc) is 2.68. The van der Waals surface area contributed by atoms with Crippen LogP contribution in [-0.4, -0.2) is 18.0 Å². The zero-order valence-electron chi connectivity index (χ0n) is 11.3. The standard InChI is InChI=1S/C15H14ClN3O2/c16-12-5-3-7-14(15(12)19(20)21)18-9-8-17-10-11-4-1-2-6-13(11)18/h1-7,17H,8-10H2. The number of para-hydroxylation sites is 2. The molecule has 1 aliphatic heterocycles. The van der Waals surface area contributed by atoms with Gasteiger partial charge in [-0.15, -0.1) is 0 Å². The number of nitro groups is 1.